The highest BCUT2D eigenvalue weighted by Gasteiger charge is 2.52. The zero-order chi connectivity index (χ0) is 25.9. The van der Waals surface area contributed by atoms with Gasteiger partial charge in [0, 0.05) is 18.8 Å². The van der Waals surface area contributed by atoms with E-state index in [9.17, 15) is 18.0 Å². The molecular weight excluding hydrogens is 480 g/mol. The van der Waals surface area contributed by atoms with Crippen molar-refractivity contribution in [2.45, 2.75) is 56.8 Å². The van der Waals surface area contributed by atoms with E-state index in [1.807, 2.05) is 26.0 Å². The molecule has 0 aromatic heterocycles. The van der Waals surface area contributed by atoms with Gasteiger partial charge in [0.1, 0.15) is 5.75 Å². The quantitative estimate of drug-likeness (QED) is 0.507. The van der Waals surface area contributed by atoms with Crippen LogP contribution in [0.2, 0.25) is 0 Å². The summed E-state index contributed by atoms with van der Waals surface area (Å²) in [5.41, 5.74) is 1.70. The second-order valence-electron chi connectivity index (χ2n) is 9.43. The van der Waals surface area contributed by atoms with Gasteiger partial charge in [-0.25, -0.2) is 8.42 Å². The number of rotatable bonds is 9. The van der Waals surface area contributed by atoms with E-state index in [1.54, 1.807) is 37.3 Å². The summed E-state index contributed by atoms with van der Waals surface area (Å²) in [4.78, 5) is 25.5. The molecule has 4 rings (SSSR count). The first-order valence-electron chi connectivity index (χ1n) is 12.5. The topological polar surface area (TPSA) is 102 Å². The summed E-state index contributed by atoms with van der Waals surface area (Å²) >= 11 is 0. The number of aryl methyl sites for hydroxylation is 1. The maximum Gasteiger partial charge on any atom is 0.316 e. The van der Waals surface area contributed by atoms with Gasteiger partial charge >= 0.3 is 5.97 Å². The Morgan fingerprint density at radius 1 is 1.08 bits per heavy atom. The Morgan fingerprint density at radius 3 is 2.42 bits per heavy atom. The van der Waals surface area contributed by atoms with E-state index >= 15 is 0 Å². The summed E-state index contributed by atoms with van der Waals surface area (Å²) in [7, 11) is -3.73. The van der Waals surface area contributed by atoms with Crippen LogP contribution in [0.3, 0.4) is 0 Å². The standard InChI is InChI=1S/C27H34N2O6S/c1-4-34-24-13-12-23(17-19(24)3)36(32,33)29-16-6-7-20(18-29)25(30)28-22-10-8-21(9-11-22)27(14-15-27)26(31)35-5-2/h8-13,17,20H,4-7,14-16,18H2,1-3H3,(H,28,30)/t20-/m1/s1. The van der Waals surface area contributed by atoms with Crippen molar-refractivity contribution in [2.75, 3.05) is 31.6 Å². The van der Waals surface area contributed by atoms with Gasteiger partial charge in [-0.2, -0.15) is 4.31 Å². The second kappa shape index (κ2) is 10.6. The number of anilines is 1. The molecule has 1 heterocycles. The number of carbonyl (C=O) groups is 2. The van der Waals surface area contributed by atoms with Crippen molar-refractivity contribution in [1.29, 1.82) is 0 Å². The Kier molecular flexibility index (Phi) is 7.70. The van der Waals surface area contributed by atoms with Crippen molar-refractivity contribution in [1.82, 2.24) is 4.31 Å². The number of carbonyl (C=O) groups excluding carboxylic acids is 2. The average molecular weight is 515 g/mol. The SMILES string of the molecule is CCOC(=O)C1(c2ccc(NC(=O)[C@@H]3CCCN(S(=O)(=O)c4ccc(OCC)c(C)c4)C3)cc2)CC1. The van der Waals surface area contributed by atoms with Crippen LogP contribution in [0.5, 0.6) is 5.75 Å². The minimum atomic E-state index is -3.73. The molecule has 2 aromatic rings. The van der Waals surface area contributed by atoms with Crippen LogP contribution in [0, 0.1) is 12.8 Å². The molecule has 194 valence electrons. The summed E-state index contributed by atoms with van der Waals surface area (Å²) in [6, 6.07) is 12.1. The van der Waals surface area contributed by atoms with Crippen molar-refractivity contribution in [2.24, 2.45) is 5.92 Å². The molecule has 2 aromatic carbocycles. The molecule has 36 heavy (non-hydrogen) atoms. The number of sulfonamides is 1. The maximum atomic E-state index is 13.3. The van der Waals surface area contributed by atoms with Gasteiger partial charge in [0.2, 0.25) is 15.9 Å². The van der Waals surface area contributed by atoms with Gasteiger partial charge in [-0.05, 0) is 87.9 Å². The van der Waals surface area contributed by atoms with Crippen LogP contribution >= 0.6 is 0 Å². The van der Waals surface area contributed by atoms with Crippen molar-refractivity contribution in [3.05, 3.63) is 53.6 Å². The Bertz CT molecular complexity index is 1220. The summed E-state index contributed by atoms with van der Waals surface area (Å²) < 4.78 is 38.7. The number of hydrogen-bond donors (Lipinski definition) is 1. The highest BCUT2D eigenvalue weighted by Crippen LogP contribution is 2.49. The first kappa shape index (κ1) is 26.2. The van der Waals surface area contributed by atoms with E-state index in [0.29, 0.717) is 44.0 Å². The van der Waals surface area contributed by atoms with Gasteiger partial charge in [0.05, 0.1) is 29.4 Å². The van der Waals surface area contributed by atoms with Gasteiger partial charge < -0.3 is 14.8 Å². The molecule has 8 nitrogen and oxygen atoms in total. The van der Waals surface area contributed by atoms with Gasteiger partial charge in [-0.3, -0.25) is 9.59 Å². The lowest BCUT2D eigenvalue weighted by Gasteiger charge is -2.31. The Morgan fingerprint density at radius 2 is 1.81 bits per heavy atom. The molecule has 0 radical (unpaired) electrons. The molecule has 0 spiro atoms. The van der Waals surface area contributed by atoms with Crippen LogP contribution in [0.15, 0.2) is 47.4 Å². The average Bonchev–Trinajstić information content (AvgIpc) is 3.68. The smallest absolute Gasteiger partial charge is 0.316 e. The number of ether oxygens (including phenoxy) is 2. The molecule has 9 heteroatoms. The molecule has 1 aliphatic carbocycles. The normalized spacial score (nSPS) is 19.4. The largest absolute Gasteiger partial charge is 0.494 e. The number of nitrogens with one attached hydrogen (secondary N) is 1. The summed E-state index contributed by atoms with van der Waals surface area (Å²) in [5.74, 6) is -0.204. The molecule has 1 saturated carbocycles. The van der Waals surface area contributed by atoms with Crippen LogP contribution in [0.25, 0.3) is 0 Å². The van der Waals surface area contributed by atoms with Crippen LogP contribution in [-0.2, 0) is 29.8 Å². The fourth-order valence-electron chi connectivity index (χ4n) is 4.75. The molecule has 1 N–H and O–H groups in total. The predicted octanol–water partition coefficient (Wildman–Crippen LogP) is 4.03. The lowest BCUT2D eigenvalue weighted by molar-refractivity contribution is -0.146. The third kappa shape index (κ3) is 5.27. The third-order valence-electron chi connectivity index (χ3n) is 6.96. The summed E-state index contributed by atoms with van der Waals surface area (Å²) in [5, 5.41) is 2.91. The molecule has 1 amide bonds. The Hall–Kier alpha value is -2.91. The van der Waals surface area contributed by atoms with Crippen LogP contribution in [0.4, 0.5) is 5.69 Å². The highest BCUT2D eigenvalue weighted by atomic mass is 32.2. The molecule has 0 bridgehead atoms. The van der Waals surface area contributed by atoms with Crippen molar-refractivity contribution >= 4 is 27.6 Å². The first-order chi connectivity index (χ1) is 17.2. The fraction of sp³-hybridized carbons (Fsp3) is 0.481. The molecule has 2 aliphatic rings. The molecule has 2 fully saturated rings. The maximum absolute atomic E-state index is 13.3. The van der Waals surface area contributed by atoms with Gasteiger partial charge in [0.25, 0.3) is 0 Å². The van der Waals surface area contributed by atoms with Gasteiger partial charge in [-0.15, -0.1) is 0 Å². The summed E-state index contributed by atoms with van der Waals surface area (Å²) in [6.45, 7) is 6.85. The highest BCUT2D eigenvalue weighted by molar-refractivity contribution is 7.89. The Labute approximate surface area is 213 Å². The number of amides is 1. The van der Waals surface area contributed by atoms with E-state index in [2.05, 4.69) is 5.32 Å². The van der Waals surface area contributed by atoms with E-state index in [1.165, 1.54) is 4.31 Å². The lowest BCUT2D eigenvalue weighted by Crippen LogP contribution is -2.43. The first-order valence-corrected chi connectivity index (χ1v) is 14.0. The number of hydrogen-bond acceptors (Lipinski definition) is 6. The molecular formula is C27H34N2O6S. The second-order valence-corrected chi connectivity index (χ2v) is 11.4. The summed E-state index contributed by atoms with van der Waals surface area (Å²) in [6.07, 6.45) is 2.74. The minimum absolute atomic E-state index is 0.129. The van der Waals surface area contributed by atoms with Gasteiger partial charge in [-0.1, -0.05) is 12.1 Å². The minimum Gasteiger partial charge on any atom is -0.494 e. The van der Waals surface area contributed by atoms with Crippen molar-refractivity contribution in [3.63, 3.8) is 0 Å². The van der Waals surface area contributed by atoms with Crippen LogP contribution in [-0.4, -0.2) is 50.9 Å². The van der Waals surface area contributed by atoms with E-state index in [-0.39, 0.29) is 23.3 Å². The number of benzene rings is 2. The predicted molar refractivity (Wildman–Crippen MR) is 136 cm³/mol. The number of nitrogens with zero attached hydrogens (tertiary/aromatic N) is 1. The monoisotopic (exact) mass is 514 g/mol. The molecule has 1 saturated heterocycles. The van der Waals surface area contributed by atoms with Crippen molar-refractivity contribution in [3.8, 4) is 5.75 Å². The zero-order valence-corrected chi connectivity index (χ0v) is 21.9. The van der Waals surface area contributed by atoms with E-state index in [4.69, 9.17) is 9.47 Å². The molecule has 0 unspecified atom stereocenters. The Balaban J connectivity index is 1.41. The lowest BCUT2D eigenvalue weighted by atomic mass is 9.95. The molecule has 1 aliphatic heterocycles. The van der Waals surface area contributed by atoms with Crippen molar-refractivity contribution < 1.29 is 27.5 Å². The van der Waals surface area contributed by atoms with E-state index in [0.717, 1.165) is 24.0 Å². The third-order valence-corrected chi connectivity index (χ3v) is 8.82. The zero-order valence-electron chi connectivity index (χ0n) is 21.1. The number of esters is 1. The van der Waals surface area contributed by atoms with E-state index < -0.39 is 21.4 Å². The number of piperidine rings is 1. The van der Waals surface area contributed by atoms with Gasteiger partial charge in [0.15, 0.2) is 0 Å². The van der Waals surface area contributed by atoms with Crippen LogP contribution in [0.1, 0.15) is 50.7 Å². The van der Waals surface area contributed by atoms with Crippen LogP contribution < -0.4 is 10.1 Å². The molecule has 1 atom stereocenters. The fourth-order valence-corrected chi connectivity index (χ4v) is 6.35.